The first-order valence-electron chi connectivity index (χ1n) is 11.9. The number of aromatic nitrogens is 1. The second-order valence-corrected chi connectivity index (χ2v) is 8.78. The molecule has 1 aliphatic heterocycles. The molecule has 184 valence electrons. The number of ether oxygens (including phenoxy) is 3. The van der Waals surface area contributed by atoms with Crippen molar-refractivity contribution in [2.75, 3.05) is 20.8 Å². The molecule has 2 atom stereocenters. The average Bonchev–Trinajstić information content (AvgIpc) is 2.89. The summed E-state index contributed by atoms with van der Waals surface area (Å²) in [6, 6.07) is 16.7. The number of carboxylic acids is 1. The van der Waals surface area contributed by atoms with E-state index in [1.54, 1.807) is 14.2 Å². The highest BCUT2D eigenvalue weighted by molar-refractivity contribution is 5.73. The second-order valence-electron chi connectivity index (χ2n) is 8.78. The largest absolute Gasteiger partial charge is 0.493 e. The third-order valence-electron chi connectivity index (χ3n) is 6.40. The van der Waals surface area contributed by atoms with E-state index >= 15 is 0 Å². The van der Waals surface area contributed by atoms with Gasteiger partial charge in [0, 0.05) is 6.20 Å². The highest BCUT2D eigenvalue weighted by atomic mass is 16.5. The third kappa shape index (κ3) is 5.57. The molecule has 1 aliphatic rings. The minimum absolute atomic E-state index is 0.364. The SMILES string of the molecule is COc1cc(C(c2ccc(C)cn2)N2CCCCC2C(=O)O)cc(OC)c1OCc1ccccc1. The lowest BCUT2D eigenvalue weighted by molar-refractivity contribution is -0.145. The molecule has 0 amide bonds. The van der Waals surface area contributed by atoms with Crippen molar-refractivity contribution < 1.29 is 24.1 Å². The summed E-state index contributed by atoms with van der Waals surface area (Å²) in [7, 11) is 3.18. The lowest BCUT2D eigenvalue weighted by Crippen LogP contribution is -2.47. The Morgan fingerprint density at radius 3 is 2.40 bits per heavy atom. The number of methoxy groups -OCH3 is 2. The van der Waals surface area contributed by atoms with Gasteiger partial charge in [-0.15, -0.1) is 0 Å². The van der Waals surface area contributed by atoms with Crippen LogP contribution >= 0.6 is 0 Å². The molecule has 0 radical (unpaired) electrons. The van der Waals surface area contributed by atoms with Crippen molar-refractivity contribution >= 4 is 5.97 Å². The van der Waals surface area contributed by atoms with Gasteiger partial charge in [0.05, 0.1) is 26.0 Å². The quantitative estimate of drug-likeness (QED) is 0.465. The van der Waals surface area contributed by atoms with Gasteiger partial charge in [0.2, 0.25) is 5.75 Å². The number of likely N-dealkylation sites (tertiary alicyclic amines) is 1. The standard InChI is InChI=1S/C28H32N2O5/c1-19-12-13-22(29-17-19)26(30-14-8-7-11-23(30)28(31)32)21-15-24(33-2)27(25(16-21)34-3)35-18-20-9-5-4-6-10-20/h4-6,9-10,12-13,15-17,23,26H,7-8,11,14,18H2,1-3H3,(H,31,32). The molecule has 4 rings (SSSR count). The summed E-state index contributed by atoms with van der Waals surface area (Å²) < 4.78 is 17.6. The van der Waals surface area contributed by atoms with Gasteiger partial charge in [-0.3, -0.25) is 14.7 Å². The van der Waals surface area contributed by atoms with Gasteiger partial charge in [-0.1, -0.05) is 42.8 Å². The Bertz CT molecular complexity index is 1110. The van der Waals surface area contributed by atoms with E-state index in [9.17, 15) is 9.90 Å². The van der Waals surface area contributed by atoms with Gasteiger partial charge in [0.25, 0.3) is 0 Å². The maximum absolute atomic E-state index is 12.2. The summed E-state index contributed by atoms with van der Waals surface area (Å²) >= 11 is 0. The van der Waals surface area contributed by atoms with Crippen molar-refractivity contribution in [1.82, 2.24) is 9.88 Å². The van der Waals surface area contributed by atoms with Crippen LogP contribution in [-0.2, 0) is 11.4 Å². The van der Waals surface area contributed by atoms with E-state index in [0.717, 1.165) is 35.2 Å². The van der Waals surface area contributed by atoms with Crippen LogP contribution in [0.25, 0.3) is 0 Å². The van der Waals surface area contributed by atoms with Gasteiger partial charge in [-0.2, -0.15) is 0 Å². The molecule has 1 N–H and O–H groups in total. The van der Waals surface area contributed by atoms with E-state index in [-0.39, 0.29) is 6.04 Å². The number of hydrogen-bond acceptors (Lipinski definition) is 6. The van der Waals surface area contributed by atoms with Crippen molar-refractivity contribution in [2.24, 2.45) is 0 Å². The van der Waals surface area contributed by atoms with Crippen LogP contribution in [0.1, 0.15) is 47.7 Å². The van der Waals surface area contributed by atoms with Crippen molar-refractivity contribution in [3.8, 4) is 17.2 Å². The molecule has 2 heterocycles. The topological polar surface area (TPSA) is 81.1 Å². The number of aryl methyl sites for hydroxylation is 1. The van der Waals surface area contributed by atoms with Crippen molar-refractivity contribution in [3.05, 3.63) is 83.2 Å². The summed E-state index contributed by atoms with van der Waals surface area (Å²) in [6.07, 6.45) is 4.23. The maximum Gasteiger partial charge on any atom is 0.320 e. The molecule has 1 saturated heterocycles. The fraction of sp³-hybridized carbons (Fsp3) is 0.357. The number of carbonyl (C=O) groups is 1. The van der Waals surface area contributed by atoms with E-state index < -0.39 is 12.0 Å². The first-order chi connectivity index (χ1) is 17.0. The minimum Gasteiger partial charge on any atom is -0.493 e. The van der Waals surface area contributed by atoms with Crippen LogP contribution in [0, 0.1) is 6.92 Å². The molecule has 7 nitrogen and oxygen atoms in total. The van der Waals surface area contributed by atoms with Crippen molar-refractivity contribution in [2.45, 2.75) is 44.9 Å². The van der Waals surface area contributed by atoms with E-state index in [1.807, 2.05) is 72.6 Å². The second kappa shape index (κ2) is 11.2. The smallest absolute Gasteiger partial charge is 0.320 e. The van der Waals surface area contributed by atoms with Crippen LogP contribution in [0.4, 0.5) is 0 Å². The fourth-order valence-corrected chi connectivity index (χ4v) is 4.63. The first kappa shape index (κ1) is 24.5. The van der Waals surface area contributed by atoms with Gasteiger partial charge >= 0.3 is 5.97 Å². The lowest BCUT2D eigenvalue weighted by Gasteiger charge is -2.39. The Kier molecular flexibility index (Phi) is 7.87. The van der Waals surface area contributed by atoms with Crippen LogP contribution in [0.2, 0.25) is 0 Å². The highest BCUT2D eigenvalue weighted by Crippen LogP contribution is 2.43. The van der Waals surface area contributed by atoms with Crippen LogP contribution in [-0.4, -0.2) is 47.8 Å². The molecule has 1 fully saturated rings. The molecular formula is C28H32N2O5. The number of nitrogens with zero attached hydrogens (tertiary/aromatic N) is 2. The Balaban J connectivity index is 1.77. The number of benzene rings is 2. The molecule has 2 aromatic carbocycles. The van der Waals surface area contributed by atoms with Gasteiger partial charge in [-0.05, 0) is 61.2 Å². The summed E-state index contributed by atoms with van der Waals surface area (Å²) in [6.45, 7) is 3.01. The van der Waals surface area contributed by atoms with E-state index in [4.69, 9.17) is 14.2 Å². The molecule has 2 unspecified atom stereocenters. The summed E-state index contributed by atoms with van der Waals surface area (Å²) in [5.74, 6) is 0.739. The molecular weight excluding hydrogens is 444 g/mol. The zero-order chi connectivity index (χ0) is 24.8. The molecule has 0 spiro atoms. The number of hydrogen-bond donors (Lipinski definition) is 1. The number of piperidine rings is 1. The Labute approximate surface area is 206 Å². The Hall–Kier alpha value is -3.58. The zero-order valence-corrected chi connectivity index (χ0v) is 20.4. The number of pyridine rings is 1. The number of aliphatic carboxylic acids is 1. The molecule has 1 aromatic heterocycles. The first-order valence-corrected chi connectivity index (χ1v) is 11.9. The predicted octanol–water partition coefficient (Wildman–Crippen LogP) is 5.01. The van der Waals surface area contributed by atoms with Crippen molar-refractivity contribution in [1.29, 1.82) is 0 Å². The Morgan fingerprint density at radius 2 is 1.80 bits per heavy atom. The molecule has 35 heavy (non-hydrogen) atoms. The zero-order valence-electron chi connectivity index (χ0n) is 20.4. The minimum atomic E-state index is -0.816. The normalized spacial score (nSPS) is 16.9. The van der Waals surface area contributed by atoms with Gasteiger partial charge in [-0.25, -0.2) is 0 Å². The highest BCUT2D eigenvalue weighted by Gasteiger charge is 2.36. The molecule has 0 saturated carbocycles. The lowest BCUT2D eigenvalue weighted by atomic mass is 9.93. The monoisotopic (exact) mass is 476 g/mol. The summed E-state index contributed by atoms with van der Waals surface area (Å²) in [5.41, 5.74) is 3.70. The van der Waals surface area contributed by atoms with Crippen LogP contribution in [0.5, 0.6) is 17.2 Å². The van der Waals surface area contributed by atoms with E-state index in [1.165, 1.54) is 0 Å². The van der Waals surface area contributed by atoms with E-state index in [0.29, 0.717) is 36.8 Å². The molecule has 7 heteroatoms. The number of carboxylic acid groups (broad SMARTS) is 1. The summed E-state index contributed by atoms with van der Waals surface area (Å²) in [5, 5.41) is 9.99. The van der Waals surface area contributed by atoms with Crippen molar-refractivity contribution in [3.63, 3.8) is 0 Å². The Morgan fingerprint density at radius 1 is 1.09 bits per heavy atom. The summed E-state index contributed by atoms with van der Waals surface area (Å²) in [4.78, 5) is 18.9. The van der Waals surface area contributed by atoms with Crippen LogP contribution in [0.15, 0.2) is 60.8 Å². The predicted molar refractivity (Wildman–Crippen MR) is 133 cm³/mol. The third-order valence-corrected chi connectivity index (χ3v) is 6.40. The average molecular weight is 477 g/mol. The maximum atomic E-state index is 12.2. The fourth-order valence-electron chi connectivity index (χ4n) is 4.63. The molecule has 0 aliphatic carbocycles. The van der Waals surface area contributed by atoms with Crippen LogP contribution in [0.3, 0.4) is 0 Å². The van der Waals surface area contributed by atoms with Gasteiger partial charge < -0.3 is 19.3 Å². The van der Waals surface area contributed by atoms with Gasteiger partial charge in [0.15, 0.2) is 11.5 Å². The molecule has 0 bridgehead atoms. The van der Waals surface area contributed by atoms with Crippen LogP contribution < -0.4 is 14.2 Å². The van der Waals surface area contributed by atoms with E-state index in [2.05, 4.69) is 4.98 Å². The number of rotatable bonds is 9. The molecule has 3 aromatic rings. The van der Waals surface area contributed by atoms with Gasteiger partial charge in [0.1, 0.15) is 12.6 Å².